The minimum absolute atomic E-state index is 0.221. The fraction of sp³-hybridized carbons (Fsp3) is 0.100. The second kappa shape index (κ2) is 3.51. The minimum Gasteiger partial charge on any atom is -0.338 e. The van der Waals surface area contributed by atoms with E-state index in [9.17, 15) is 8.42 Å². The molecule has 1 aliphatic rings. The Kier molecular flexibility index (Phi) is 2.32. The number of hydrogen-bond donors (Lipinski definition) is 1. The summed E-state index contributed by atoms with van der Waals surface area (Å²) in [5.74, 6) is 0.344. The summed E-state index contributed by atoms with van der Waals surface area (Å²) in [6.45, 7) is 1.80. The van der Waals surface area contributed by atoms with E-state index < -0.39 is 10.0 Å². The van der Waals surface area contributed by atoms with Crippen LogP contribution in [-0.2, 0) is 10.0 Å². The third-order valence-electron chi connectivity index (χ3n) is 1.97. The maximum absolute atomic E-state index is 11.7. The number of rotatable bonds is 1. The van der Waals surface area contributed by atoms with Crippen LogP contribution in [0.3, 0.4) is 0 Å². The number of fused-ring (bicyclic) bond motifs is 1. The normalized spacial score (nSPS) is 18.1. The molecule has 2 rings (SSSR count). The van der Waals surface area contributed by atoms with Crippen molar-refractivity contribution < 1.29 is 8.42 Å². The summed E-state index contributed by atoms with van der Waals surface area (Å²) < 4.78 is 27.0. The molecule has 0 atom stereocenters. The second-order valence-corrected chi connectivity index (χ2v) is 4.65. The lowest BCUT2D eigenvalue weighted by Crippen LogP contribution is -2.19. The van der Waals surface area contributed by atoms with Crippen LogP contribution in [-0.4, -0.2) is 14.3 Å². The highest BCUT2D eigenvalue weighted by atomic mass is 32.2. The standard InChI is InChI=1S/C10H10N2O2S/c1-2-5-10-11-8-6-3-4-7-9(8)15(13,14)12-10/h2-7H,1H3,(H,11,12). The third kappa shape index (κ3) is 1.78. The molecule has 0 fully saturated rings. The highest BCUT2D eigenvalue weighted by Gasteiger charge is 2.22. The van der Waals surface area contributed by atoms with Crippen molar-refractivity contribution in [3.05, 3.63) is 36.4 Å². The van der Waals surface area contributed by atoms with E-state index in [1.165, 1.54) is 6.07 Å². The van der Waals surface area contributed by atoms with Gasteiger partial charge in [0.1, 0.15) is 10.7 Å². The number of hydrogen-bond acceptors (Lipinski definition) is 3. The quantitative estimate of drug-likeness (QED) is 0.787. The predicted octanol–water partition coefficient (Wildman–Crippen LogP) is 1.78. The van der Waals surface area contributed by atoms with Crippen LogP contribution in [0.4, 0.5) is 5.69 Å². The Balaban J connectivity index is 2.60. The lowest BCUT2D eigenvalue weighted by atomic mass is 10.3. The molecule has 0 spiro atoms. The topological polar surface area (TPSA) is 58.5 Å². The van der Waals surface area contributed by atoms with Crippen LogP contribution >= 0.6 is 0 Å². The number of allylic oxidation sites excluding steroid dienone is 1. The summed E-state index contributed by atoms with van der Waals surface area (Å²) in [5, 5.41) is 2.94. The molecule has 0 radical (unpaired) electrons. The molecule has 78 valence electrons. The van der Waals surface area contributed by atoms with Gasteiger partial charge in [0.2, 0.25) is 0 Å². The zero-order valence-electron chi connectivity index (χ0n) is 8.14. The Hall–Kier alpha value is -1.62. The number of nitrogens with one attached hydrogen (secondary N) is 1. The van der Waals surface area contributed by atoms with E-state index in [0.29, 0.717) is 11.5 Å². The van der Waals surface area contributed by atoms with Gasteiger partial charge in [-0.15, -0.1) is 4.40 Å². The fourth-order valence-corrected chi connectivity index (χ4v) is 2.48. The van der Waals surface area contributed by atoms with Gasteiger partial charge in [0.25, 0.3) is 10.0 Å². The Labute approximate surface area is 88.4 Å². The molecule has 1 aromatic rings. The average molecular weight is 222 g/mol. The number of anilines is 1. The first-order chi connectivity index (χ1) is 7.13. The lowest BCUT2D eigenvalue weighted by molar-refractivity contribution is 0.598. The van der Waals surface area contributed by atoms with Crippen molar-refractivity contribution in [3.8, 4) is 0 Å². The highest BCUT2D eigenvalue weighted by Crippen LogP contribution is 2.26. The molecule has 1 heterocycles. The molecule has 1 aromatic carbocycles. The van der Waals surface area contributed by atoms with E-state index in [1.807, 2.05) is 0 Å². The van der Waals surface area contributed by atoms with Crippen molar-refractivity contribution >= 4 is 21.5 Å². The van der Waals surface area contributed by atoms with Gasteiger partial charge in [0.05, 0.1) is 5.69 Å². The zero-order chi connectivity index (χ0) is 10.9. The molecular formula is C10H10N2O2S. The molecule has 0 aliphatic carbocycles. The van der Waals surface area contributed by atoms with Gasteiger partial charge in [0.15, 0.2) is 0 Å². The lowest BCUT2D eigenvalue weighted by Gasteiger charge is -2.15. The van der Waals surface area contributed by atoms with Crippen molar-refractivity contribution in [1.29, 1.82) is 0 Å². The average Bonchev–Trinajstić information content (AvgIpc) is 2.17. The SMILES string of the molecule is CC=CC1=NS(=O)(=O)c2ccccc2N1. The first kappa shape index (κ1) is 9.92. The summed E-state index contributed by atoms with van der Waals surface area (Å²) in [4.78, 5) is 0.221. The number of benzene rings is 1. The van der Waals surface area contributed by atoms with E-state index in [1.54, 1.807) is 37.3 Å². The van der Waals surface area contributed by atoms with Crippen molar-refractivity contribution in [1.82, 2.24) is 0 Å². The third-order valence-corrected chi connectivity index (χ3v) is 3.32. The molecule has 0 bridgehead atoms. The molecule has 1 N–H and O–H groups in total. The Morgan fingerprint density at radius 2 is 2.07 bits per heavy atom. The Morgan fingerprint density at radius 1 is 1.33 bits per heavy atom. The minimum atomic E-state index is -3.54. The van der Waals surface area contributed by atoms with Crippen LogP contribution in [0, 0.1) is 0 Å². The molecule has 0 saturated heterocycles. The highest BCUT2D eigenvalue weighted by molar-refractivity contribution is 7.90. The van der Waals surface area contributed by atoms with E-state index in [2.05, 4.69) is 9.71 Å². The summed E-state index contributed by atoms with van der Waals surface area (Å²) in [6, 6.07) is 6.70. The van der Waals surface area contributed by atoms with Crippen LogP contribution in [0.2, 0.25) is 0 Å². The van der Waals surface area contributed by atoms with Crippen molar-refractivity contribution in [3.63, 3.8) is 0 Å². The van der Waals surface area contributed by atoms with Crippen LogP contribution in [0.1, 0.15) is 6.92 Å². The van der Waals surface area contributed by atoms with Gasteiger partial charge in [-0.25, -0.2) is 0 Å². The van der Waals surface area contributed by atoms with Gasteiger partial charge in [-0.2, -0.15) is 8.42 Å². The van der Waals surface area contributed by atoms with Gasteiger partial charge in [-0.1, -0.05) is 18.2 Å². The van der Waals surface area contributed by atoms with Crippen LogP contribution < -0.4 is 5.32 Å². The molecule has 5 heteroatoms. The molecular weight excluding hydrogens is 212 g/mol. The van der Waals surface area contributed by atoms with E-state index in [-0.39, 0.29) is 4.90 Å². The molecule has 0 unspecified atom stereocenters. The number of amidine groups is 1. The van der Waals surface area contributed by atoms with Gasteiger partial charge >= 0.3 is 0 Å². The number of nitrogens with zero attached hydrogens (tertiary/aromatic N) is 1. The smallest absolute Gasteiger partial charge is 0.286 e. The molecule has 0 amide bonds. The largest absolute Gasteiger partial charge is 0.338 e. The predicted molar refractivity (Wildman–Crippen MR) is 59.5 cm³/mol. The molecule has 4 nitrogen and oxygen atoms in total. The maximum Gasteiger partial charge on any atom is 0.286 e. The summed E-state index contributed by atoms with van der Waals surface area (Å²) in [5.41, 5.74) is 0.570. The van der Waals surface area contributed by atoms with Crippen LogP contribution in [0.25, 0.3) is 0 Å². The molecule has 0 saturated carbocycles. The Morgan fingerprint density at radius 3 is 2.80 bits per heavy atom. The van der Waals surface area contributed by atoms with E-state index in [0.717, 1.165) is 0 Å². The fourth-order valence-electron chi connectivity index (χ4n) is 1.36. The Bertz CT molecular complexity index is 544. The van der Waals surface area contributed by atoms with Gasteiger partial charge < -0.3 is 5.32 Å². The van der Waals surface area contributed by atoms with Crippen molar-refractivity contribution in [2.45, 2.75) is 11.8 Å². The van der Waals surface area contributed by atoms with E-state index >= 15 is 0 Å². The van der Waals surface area contributed by atoms with Gasteiger partial charge in [0, 0.05) is 0 Å². The molecule has 1 aliphatic heterocycles. The molecule has 15 heavy (non-hydrogen) atoms. The first-order valence-corrected chi connectivity index (χ1v) is 5.91. The first-order valence-electron chi connectivity index (χ1n) is 4.47. The van der Waals surface area contributed by atoms with Gasteiger partial charge in [-0.3, -0.25) is 0 Å². The monoisotopic (exact) mass is 222 g/mol. The second-order valence-electron chi connectivity index (χ2n) is 3.07. The van der Waals surface area contributed by atoms with Crippen LogP contribution in [0.15, 0.2) is 45.7 Å². The van der Waals surface area contributed by atoms with E-state index in [4.69, 9.17) is 0 Å². The zero-order valence-corrected chi connectivity index (χ0v) is 8.95. The van der Waals surface area contributed by atoms with Crippen molar-refractivity contribution in [2.24, 2.45) is 4.40 Å². The molecule has 0 aromatic heterocycles. The summed E-state index contributed by atoms with van der Waals surface area (Å²) in [7, 11) is -3.54. The number of sulfonamides is 1. The maximum atomic E-state index is 11.7. The summed E-state index contributed by atoms with van der Waals surface area (Å²) >= 11 is 0. The van der Waals surface area contributed by atoms with Crippen molar-refractivity contribution in [2.75, 3.05) is 5.32 Å². The van der Waals surface area contributed by atoms with Crippen LogP contribution in [0.5, 0.6) is 0 Å². The summed E-state index contributed by atoms with van der Waals surface area (Å²) in [6.07, 6.45) is 3.35. The number of para-hydroxylation sites is 1. The van der Waals surface area contributed by atoms with Gasteiger partial charge in [-0.05, 0) is 25.1 Å².